The molecule has 0 atom stereocenters. The Morgan fingerprint density at radius 1 is 1.12 bits per heavy atom. The van der Waals surface area contributed by atoms with Crippen LogP contribution in [0.5, 0.6) is 0 Å². The van der Waals surface area contributed by atoms with Crippen molar-refractivity contribution in [2.24, 2.45) is 0 Å². The third-order valence-corrected chi connectivity index (χ3v) is 2.55. The minimum Gasteiger partial charge on any atom is -0.427 e. The summed E-state index contributed by atoms with van der Waals surface area (Å²) in [5, 5.41) is 0. The molecule has 0 saturated carbocycles. The number of allylic oxidation sites excluding steroid dienone is 2. The van der Waals surface area contributed by atoms with Gasteiger partial charge >= 0.3 is 5.97 Å². The Hall–Kier alpha value is -1.05. The minimum atomic E-state index is -0.310. The summed E-state index contributed by atoms with van der Waals surface area (Å²) < 4.78 is 4.80. The fourth-order valence-electron chi connectivity index (χ4n) is 1.65. The standard InChI is InChI=1S/C15H26O2/c1-4-5-6-7-8-9-10-11-12-13-14(2)17-15(3)16/h12-13H,2,4-11H2,1,3H3/b13-12+. The molecule has 0 N–H and O–H groups in total. The molecule has 98 valence electrons. The van der Waals surface area contributed by atoms with Crippen LogP contribution in [-0.4, -0.2) is 5.97 Å². The normalized spacial score (nSPS) is 10.7. The van der Waals surface area contributed by atoms with Crippen molar-refractivity contribution >= 4 is 5.97 Å². The van der Waals surface area contributed by atoms with Crippen molar-refractivity contribution in [2.75, 3.05) is 0 Å². The van der Waals surface area contributed by atoms with Crippen molar-refractivity contribution in [1.29, 1.82) is 0 Å². The summed E-state index contributed by atoms with van der Waals surface area (Å²) in [4.78, 5) is 10.6. The summed E-state index contributed by atoms with van der Waals surface area (Å²) in [6.07, 6.45) is 14.1. The molecule has 0 aliphatic heterocycles. The van der Waals surface area contributed by atoms with Crippen LogP contribution in [0.3, 0.4) is 0 Å². The van der Waals surface area contributed by atoms with Crippen LogP contribution in [0.4, 0.5) is 0 Å². The average molecular weight is 238 g/mol. The Morgan fingerprint density at radius 2 is 1.71 bits per heavy atom. The van der Waals surface area contributed by atoms with Crippen LogP contribution in [-0.2, 0) is 9.53 Å². The summed E-state index contributed by atoms with van der Waals surface area (Å²) in [7, 11) is 0. The predicted molar refractivity (Wildman–Crippen MR) is 72.7 cm³/mol. The topological polar surface area (TPSA) is 26.3 Å². The van der Waals surface area contributed by atoms with E-state index in [0.29, 0.717) is 5.76 Å². The molecule has 0 aliphatic carbocycles. The molecular weight excluding hydrogens is 212 g/mol. The van der Waals surface area contributed by atoms with Crippen molar-refractivity contribution in [2.45, 2.75) is 65.2 Å². The SMILES string of the molecule is C=C(/C=C/CCCCCCCCC)OC(C)=O. The molecule has 0 rings (SSSR count). The number of carbonyl (C=O) groups is 1. The van der Waals surface area contributed by atoms with Gasteiger partial charge in [0.05, 0.1) is 0 Å². The van der Waals surface area contributed by atoms with E-state index in [4.69, 9.17) is 4.74 Å². The van der Waals surface area contributed by atoms with Crippen molar-refractivity contribution < 1.29 is 9.53 Å². The fraction of sp³-hybridized carbons (Fsp3) is 0.667. The number of unbranched alkanes of at least 4 members (excludes halogenated alkanes) is 7. The number of esters is 1. The molecule has 0 spiro atoms. The zero-order chi connectivity index (χ0) is 12.9. The molecule has 17 heavy (non-hydrogen) atoms. The van der Waals surface area contributed by atoms with Crippen LogP contribution in [0.2, 0.25) is 0 Å². The maximum Gasteiger partial charge on any atom is 0.308 e. The summed E-state index contributed by atoms with van der Waals surface area (Å²) in [5.41, 5.74) is 0. The van der Waals surface area contributed by atoms with Crippen LogP contribution < -0.4 is 0 Å². The highest BCUT2D eigenvalue weighted by Crippen LogP contribution is 2.09. The van der Waals surface area contributed by atoms with Gasteiger partial charge in [0.15, 0.2) is 0 Å². The van der Waals surface area contributed by atoms with Crippen LogP contribution in [0, 0.1) is 0 Å². The predicted octanol–water partition coefficient (Wildman–Crippen LogP) is 4.76. The summed E-state index contributed by atoms with van der Waals surface area (Å²) in [5.74, 6) is 0.121. The van der Waals surface area contributed by atoms with Gasteiger partial charge in [-0.05, 0) is 18.9 Å². The van der Waals surface area contributed by atoms with E-state index >= 15 is 0 Å². The number of hydrogen-bond acceptors (Lipinski definition) is 2. The molecule has 0 unspecified atom stereocenters. The molecule has 0 saturated heterocycles. The first-order chi connectivity index (χ1) is 8.16. The Morgan fingerprint density at radius 3 is 2.29 bits per heavy atom. The zero-order valence-electron chi connectivity index (χ0n) is 11.3. The third-order valence-electron chi connectivity index (χ3n) is 2.55. The summed E-state index contributed by atoms with van der Waals surface area (Å²) in [6, 6.07) is 0. The van der Waals surface area contributed by atoms with Crippen molar-refractivity contribution in [3.8, 4) is 0 Å². The third kappa shape index (κ3) is 12.9. The molecule has 2 heteroatoms. The zero-order valence-corrected chi connectivity index (χ0v) is 11.3. The summed E-state index contributed by atoms with van der Waals surface area (Å²) in [6.45, 7) is 7.25. The number of ether oxygens (including phenoxy) is 1. The van der Waals surface area contributed by atoms with Crippen LogP contribution in [0.15, 0.2) is 24.5 Å². The van der Waals surface area contributed by atoms with Gasteiger partial charge in [0.1, 0.15) is 5.76 Å². The van der Waals surface area contributed by atoms with E-state index in [1.54, 1.807) is 6.08 Å². The number of carbonyl (C=O) groups excluding carboxylic acids is 1. The van der Waals surface area contributed by atoms with E-state index in [1.165, 1.54) is 51.9 Å². The highest BCUT2D eigenvalue weighted by atomic mass is 16.5. The molecule has 0 radical (unpaired) electrons. The molecule has 0 aromatic rings. The molecule has 0 aliphatic rings. The van der Waals surface area contributed by atoms with Gasteiger partial charge in [0, 0.05) is 6.92 Å². The first-order valence-corrected chi connectivity index (χ1v) is 6.70. The van der Waals surface area contributed by atoms with Gasteiger partial charge in [0.2, 0.25) is 0 Å². The molecule has 0 bridgehead atoms. The Balaban J connectivity index is 3.30. The first-order valence-electron chi connectivity index (χ1n) is 6.70. The van der Waals surface area contributed by atoms with E-state index in [-0.39, 0.29) is 5.97 Å². The maximum atomic E-state index is 10.6. The number of hydrogen-bond donors (Lipinski definition) is 0. The smallest absolute Gasteiger partial charge is 0.308 e. The maximum absolute atomic E-state index is 10.6. The monoisotopic (exact) mass is 238 g/mol. The van der Waals surface area contributed by atoms with E-state index in [0.717, 1.165) is 6.42 Å². The Labute approximate surface area is 106 Å². The van der Waals surface area contributed by atoms with Crippen molar-refractivity contribution in [3.63, 3.8) is 0 Å². The molecule has 0 aromatic heterocycles. The van der Waals surface area contributed by atoms with E-state index in [2.05, 4.69) is 13.5 Å². The van der Waals surface area contributed by atoms with E-state index < -0.39 is 0 Å². The second-order valence-corrected chi connectivity index (χ2v) is 4.37. The molecule has 0 heterocycles. The lowest BCUT2D eigenvalue weighted by Gasteiger charge is -2.00. The Kier molecular flexibility index (Phi) is 10.7. The fourth-order valence-corrected chi connectivity index (χ4v) is 1.65. The van der Waals surface area contributed by atoms with Crippen LogP contribution in [0.1, 0.15) is 65.2 Å². The molecule has 0 aromatic carbocycles. The lowest BCUT2D eigenvalue weighted by molar-refractivity contribution is -0.136. The van der Waals surface area contributed by atoms with Gasteiger partial charge in [-0.2, -0.15) is 0 Å². The summed E-state index contributed by atoms with van der Waals surface area (Å²) >= 11 is 0. The number of rotatable bonds is 10. The lowest BCUT2D eigenvalue weighted by atomic mass is 10.1. The Bertz CT molecular complexity index is 241. The molecule has 2 nitrogen and oxygen atoms in total. The van der Waals surface area contributed by atoms with Crippen LogP contribution in [0.25, 0.3) is 0 Å². The second kappa shape index (κ2) is 11.4. The van der Waals surface area contributed by atoms with Gasteiger partial charge < -0.3 is 4.74 Å². The molecular formula is C15H26O2. The van der Waals surface area contributed by atoms with E-state index in [9.17, 15) is 4.79 Å². The van der Waals surface area contributed by atoms with Crippen LogP contribution >= 0.6 is 0 Å². The van der Waals surface area contributed by atoms with Gasteiger partial charge in [-0.15, -0.1) is 0 Å². The quantitative estimate of drug-likeness (QED) is 0.237. The minimum absolute atomic E-state index is 0.310. The molecule has 0 amide bonds. The highest BCUT2D eigenvalue weighted by Gasteiger charge is 1.93. The average Bonchev–Trinajstić information content (AvgIpc) is 2.26. The largest absolute Gasteiger partial charge is 0.427 e. The lowest BCUT2D eigenvalue weighted by Crippen LogP contribution is -1.94. The van der Waals surface area contributed by atoms with Gasteiger partial charge in [-0.1, -0.05) is 58.1 Å². The highest BCUT2D eigenvalue weighted by molar-refractivity contribution is 5.67. The van der Waals surface area contributed by atoms with Crippen molar-refractivity contribution in [3.05, 3.63) is 24.5 Å². The van der Waals surface area contributed by atoms with Gasteiger partial charge in [-0.3, -0.25) is 4.79 Å². The second-order valence-electron chi connectivity index (χ2n) is 4.37. The van der Waals surface area contributed by atoms with E-state index in [1.807, 2.05) is 6.08 Å². The van der Waals surface area contributed by atoms with Gasteiger partial charge in [-0.25, -0.2) is 0 Å². The van der Waals surface area contributed by atoms with Crippen molar-refractivity contribution in [1.82, 2.24) is 0 Å². The first kappa shape index (κ1) is 16.0. The molecule has 0 fully saturated rings. The van der Waals surface area contributed by atoms with Gasteiger partial charge in [0.25, 0.3) is 0 Å².